The van der Waals surface area contributed by atoms with E-state index < -0.39 is 29.7 Å². The quantitative estimate of drug-likeness (QED) is 0.301. The molecule has 0 fully saturated rings. The van der Waals surface area contributed by atoms with Crippen molar-refractivity contribution in [3.05, 3.63) is 119 Å². The molecule has 9 heteroatoms. The third-order valence-corrected chi connectivity index (χ3v) is 5.92. The highest BCUT2D eigenvalue weighted by Gasteiger charge is 2.35. The van der Waals surface area contributed by atoms with Crippen molar-refractivity contribution in [3.63, 3.8) is 0 Å². The number of nitriles is 1. The second kappa shape index (κ2) is 11.0. The number of carboxylic acids is 1. The summed E-state index contributed by atoms with van der Waals surface area (Å²) in [6, 6.07) is 22.9. The van der Waals surface area contributed by atoms with E-state index in [1.807, 2.05) is 6.07 Å². The summed E-state index contributed by atoms with van der Waals surface area (Å²) in [5, 5.41) is 19.3. The summed E-state index contributed by atoms with van der Waals surface area (Å²) in [6.07, 6.45) is -4.63. The number of nitrogens with zero attached hydrogens (tertiary/aromatic N) is 2. The van der Waals surface area contributed by atoms with E-state index in [0.717, 1.165) is 11.0 Å². The number of hydrogen-bond donors (Lipinski definition) is 1. The Balaban J connectivity index is 1.72. The van der Waals surface area contributed by atoms with Crippen LogP contribution in [0.15, 0.2) is 95.4 Å². The van der Waals surface area contributed by atoms with Crippen LogP contribution < -0.4 is 0 Å². The monoisotopic (exact) mass is 518 g/mol. The first kappa shape index (κ1) is 26.2. The number of rotatable bonds is 8. The number of halogens is 3. The number of benzene rings is 3. The first-order valence-electron chi connectivity index (χ1n) is 11.5. The Kier molecular flexibility index (Phi) is 7.63. The Bertz CT molecular complexity index is 1490. The number of furan rings is 1. The average Bonchev–Trinajstić information content (AvgIpc) is 3.39. The van der Waals surface area contributed by atoms with E-state index in [4.69, 9.17) is 4.42 Å². The molecule has 0 bridgehead atoms. The molecule has 38 heavy (non-hydrogen) atoms. The molecule has 1 heterocycles. The molecule has 4 aromatic rings. The van der Waals surface area contributed by atoms with Gasteiger partial charge in [-0.25, -0.2) is 4.79 Å². The van der Waals surface area contributed by atoms with Gasteiger partial charge in [-0.05, 0) is 42.0 Å². The first-order chi connectivity index (χ1) is 18.2. The number of alkyl halides is 3. The molecule has 0 unspecified atom stereocenters. The molecule has 3 aromatic carbocycles. The zero-order chi connectivity index (χ0) is 27.3. The maximum Gasteiger partial charge on any atom is 0.417 e. The third kappa shape index (κ3) is 5.93. The van der Waals surface area contributed by atoms with E-state index in [-0.39, 0.29) is 41.2 Å². The number of carbonyl (C=O) groups excluding carboxylic acids is 1. The van der Waals surface area contributed by atoms with E-state index >= 15 is 0 Å². The molecule has 1 aromatic heterocycles. The minimum Gasteiger partial charge on any atom is -0.480 e. The Morgan fingerprint density at radius 2 is 1.66 bits per heavy atom. The SMILES string of the molecule is N#Cc1cccc(C(=O)N(Cc2ccc(-c3ccccc3C(F)(F)F)o2)[C@H](Cc2ccccc2)C(=O)O)c1. The molecular formula is C29H21F3N2O4. The van der Waals surface area contributed by atoms with Crippen LogP contribution in [0.5, 0.6) is 0 Å². The smallest absolute Gasteiger partial charge is 0.417 e. The lowest BCUT2D eigenvalue weighted by Gasteiger charge is -2.28. The molecule has 0 saturated carbocycles. The zero-order valence-electron chi connectivity index (χ0n) is 19.9. The maximum atomic E-state index is 13.6. The largest absolute Gasteiger partial charge is 0.480 e. The van der Waals surface area contributed by atoms with Crippen molar-refractivity contribution < 1.29 is 32.3 Å². The summed E-state index contributed by atoms with van der Waals surface area (Å²) < 4.78 is 46.3. The molecule has 1 amide bonds. The lowest BCUT2D eigenvalue weighted by atomic mass is 10.0. The van der Waals surface area contributed by atoms with E-state index in [9.17, 15) is 33.1 Å². The third-order valence-electron chi connectivity index (χ3n) is 5.92. The van der Waals surface area contributed by atoms with E-state index in [0.29, 0.717) is 5.56 Å². The average molecular weight is 518 g/mol. The standard InChI is InChI=1S/C29H21F3N2O4/c30-29(31,32)24-12-5-4-11-23(24)26-14-13-22(38-26)18-34(27(35)21-10-6-9-20(15-21)17-33)25(28(36)37)16-19-7-2-1-3-8-19/h1-15,25H,16,18H2,(H,36,37)/t25-/m1/s1. The van der Waals surface area contributed by atoms with Gasteiger partial charge < -0.3 is 14.4 Å². The molecule has 0 aliphatic carbocycles. The van der Waals surface area contributed by atoms with Crippen molar-refractivity contribution in [1.82, 2.24) is 4.90 Å². The van der Waals surface area contributed by atoms with Gasteiger partial charge >= 0.3 is 12.1 Å². The summed E-state index contributed by atoms with van der Waals surface area (Å²) in [7, 11) is 0. The molecule has 0 spiro atoms. The normalized spacial score (nSPS) is 11.9. The second-order valence-corrected chi connectivity index (χ2v) is 8.48. The second-order valence-electron chi connectivity index (χ2n) is 8.48. The minimum absolute atomic E-state index is 0.0235. The van der Waals surface area contributed by atoms with E-state index in [1.54, 1.807) is 30.3 Å². The number of carbonyl (C=O) groups is 2. The van der Waals surface area contributed by atoms with E-state index in [2.05, 4.69) is 0 Å². The molecule has 192 valence electrons. The number of amides is 1. The fraction of sp³-hybridized carbons (Fsp3) is 0.138. The Hall–Kier alpha value is -4.84. The molecule has 0 aliphatic heterocycles. The van der Waals surface area contributed by atoms with Crippen molar-refractivity contribution in [1.29, 1.82) is 5.26 Å². The fourth-order valence-corrected chi connectivity index (χ4v) is 4.10. The van der Waals surface area contributed by atoms with Crippen molar-refractivity contribution >= 4 is 11.9 Å². The first-order valence-corrected chi connectivity index (χ1v) is 11.5. The lowest BCUT2D eigenvalue weighted by Crippen LogP contribution is -2.46. The lowest BCUT2D eigenvalue weighted by molar-refractivity contribution is -0.142. The number of hydrogen-bond acceptors (Lipinski definition) is 4. The molecule has 4 rings (SSSR count). The van der Waals surface area contributed by atoms with Crippen LogP contribution in [-0.2, 0) is 23.9 Å². The van der Waals surface area contributed by atoms with Crippen LogP contribution in [0.25, 0.3) is 11.3 Å². The van der Waals surface area contributed by atoms with Crippen molar-refractivity contribution in [2.24, 2.45) is 0 Å². The van der Waals surface area contributed by atoms with Crippen LogP contribution >= 0.6 is 0 Å². The maximum absolute atomic E-state index is 13.6. The summed E-state index contributed by atoms with van der Waals surface area (Å²) in [5.41, 5.74) is -0.0744. The molecule has 1 atom stereocenters. The number of aliphatic carboxylic acids is 1. The van der Waals surface area contributed by atoms with Crippen LogP contribution in [0.3, 0.4) is 0 Å². The highest BCUT2D eigenvalue weighted by molar-refractivity contribution is 5.97. The summed E-state index contributed by atoms with van der Waals surface area (Å²) in [4.78, 5) is 27.0. The molecule has 0 aliphatic rings. The zero-order valence-corrected chi connectivity index (χ0v) is 19.9. The summed E-state index contributed by atoms with van der Waals surface area (Å²) in [6.45, 7) is -0.326. The van der Waals surface area contributed by atoms with Gasteiger partial charge in [0, 0.05) is 17.5 Å². The van der Waals surface area contributed by atoms with Gasteiger partial charge in [-0.3, -0.25) is 4.79 Å². The van der Waals surface area contributed by atoms with Gasteiger partial charge in [0.15, 0.2) is 0 Å². The Morgan fingerprint density at radius 1 is 0.947 bits per heavy atom. The number of carboxylic acid groups (broad SMARTS) is 1. The predicted octanol–water partition coefficient (Wildman–Crippen LogP) is 6.18. The van der Waals surface area contributed by atoms with Crippen molar-refractivity contribution in [3.8, 4) is 17.4 Å². The van der Waals surface area contributed by atoms with Gasteiger partial charge in [-0.1, -0.05) is 54.6 Å². The van der Waals surface area contributed by atoms with Crippen LogP contribution in [0.4, 0.5) is 13.2 Å². The van der Waals surface area contributed by atoms with E-state index in [1.165, 1.54) is 54.6 Å². The van der Waals surface area contributed by atoms with Gasteiger partial charge in [-0.2, -0.15) is 18.4 Å². The van der Waals surface area contributed by atoms with Gasteiger partial charge in [-0.15, -0.1) is 0 Å². The Morgan fingerprint density at radius 3 is 2.34 bits per heavy atom. The molecule has 6 nitrogen and oxygen atoms in total. The van der Waals surface area contributed by atoms with Crippen molar-refractivity contribution in [2.75, 3.05) is 0 Å². The topological polar surface area (TPSA) is 94.5 Å². The van der Waals surface area contributed by atoms with Crippen LogP contribution in [-0.4, -0.2) is 27.9 Å². The highest BCUT2D eigenvalue weighted by Crippen LogP contribution is 2.37. The minimum atomic E-state index is -4.61. The molecule has 1 N–H and O–H groups in total. The molecule has 0 saturated heterocycles. The van der Waals surface area contributed by atoms with Crippen LogP contribution in [0.2, 0.25) is 0 Å². The van der Waals surface area contributed by atoms with Crippen LogP contribution in [0.1, 0.15) is 32.8 Å². The van der Waals surface area contributed by atoms with Gasteiger partial charge in [0.1, 0.15) is 17.6 Å². The summed E-state index contributed by atoms with van der Waals surface area (Å²) >= 11 is 0. The summed E-state index contributed by atoms with van der Waals surface area (Å²) in [5.74, 6) is -1.91. The van der Waals surface area contributed by atoms with Crippen LogP contribution in [0, 0.1) is 11.3 Å². The fourth-order valence-electron chi connectivity index (χ4n) is 4.10. The van der Waals surface area contributed by atoms with Gasteiger partial charge in [0.05, 0.1) is 23.7 Å². The molecule has 0 radical (unpaired) electrons. The van der Waals surface area contributed by atoms with Gasteiger partial charge in [0.25, 0.3) is 5.91 Å². The highest BCUT2D eigenvalue weighted by atomic mass is 19.4. The van der Waals surface area contributed by atoms with Gasteiger partial charge in [0.2, 0.25) is 0 Å². The predicted molar refractivity (Wildman–Crippen MR) is 132 cm³/mol. The Labute approximate surface area is 216 Å². The van der Waals surface area contributed by atoms with Crippen molar-refractivity contribution in [2.45, 2.75) is 25.2 Å². The molecular weight excluding hydrogens is 497 g/mol.